The van der Waals surface area contributed by atoms with Gasteiger partial charge in [0.15, 0.2) is 0 Å². The molecule has 0 aromatic heterocycles. The molecule has 0 aromatic rings. The first kappa shape index (κ1) is 14.8. The van der Waals surface area contributed by atoms with E-state index in [2.05, 4.69) is 5.32 Å². The zero-order valence-electron chi connectivity index (χ0n) is 9.11. The monoisotopic (exact) mass is 238 g/mol. The van der Waals surface area contributed by atoms with Crippen molar-refractivity contribution in [1.29, 1.82) is 0 Å². The Balaban J connectivity index is 3.06. The summed E-state index contributed by atoms with van der Waals surface area (Å²) < 4.78 is 29.2. The molecule has 6 heteroatoms. The van der Waals surface area contributed by atoms with Gasteiger partial charge in [-0.2, -0.15) is 8.42 Å². The molecule has 0 amide bonds. The van der Waals surface area contributed by atoms with Crippen LogP contribution in [0.1, 0.15) is 32.1 Å². The van der Waals surface area contributed by atoms with E-state index < -0.39 is 10.1 Å². The SMILES string of the molecule is NCCCCCCNCCCS(=O)(=O)O. The molecule has 0 aliphatic heterocycles. The normalized spacial score (nSPS) is 11.9. The van der Waals surface area contributed by atoms with E-state index in [-0.39, 0.29) is 5.75 Å². The fourth-order valence-electron chi connectivity index (χ4n) is 1.25. The minimum atomic E-state index is -3.78. The third kappa shape index (κ3) is 13.8. The van der Waals surface area contributed by atoms with Gasteiger partial charge < -0.3 is 11.1 Å². The molecule has 15 heavy (non-hydrogen) atoms. The van der Waals surface area contributed by atoms with Crippen LogP contribution in [0.2, 0.25) is 0 Å². The maximum Gasteiger partial charge on any atom is 0.264 e. The fraction of sp³-hybridized carbons (Fsp3) is 1.00. The predicted octanol–water partition coefficient (Wildman–Crippen LogP) is 0.373. The second-order valence-electron chi connectivity index (χ2n) is 3.59. The average Bonchev–Trinajstić information content (AvgIpc) is 2.14. The van der Waals surface area contributed by atoms with E-state index in [1.807, 2.05) is 0 Å². The number of hydrogen-bond donors (Lipinski definition) is 3. The lowest BCUT2D eigenvalue weighted by Gasteiger charge is -2.03. The van der Waals surface area contributed by atoms with Crippen LogP contribution in [0.25, 0.3) is 0 Å². The number of rotatable bonds is 10. The van der Waals surface area contributed by atoms with E-state index >= 15 is 0 Å². The van der Waals surface area contributed by atoms with Crippen molar-refractivity contribution in [3.8, 4) is 0 Å². The van der Waals surface area contributed by atoms with Crippen LogP contribution in [0, 0.1) is 0 Å². The zero-order chi connectivity index (χ0) is 11.6. The van der Waals surface area contributed by atoms with Gasteiger partial charge in [-0.25, -0.2) is 0 Å². The molecule has 0 saturated carbocycles. The lowest BCUT2D eigenvalue weighted by molar-refractivity contribution is 0.479. The smallest absolute Gasteiger partial charge is 0.264 e. The van der Waals surface area contributed by atoms with Gasteiger partial charge in [0.1, 0.15) is 0 Å². The standard InChI is InChI=1S/C9H22N2O3S/c10-6-3-1-2-4-7-11-8-5-9-15(12,13)14/h11H,1-10H2,(H,12,13,14). The topological polar surface area (TPSA) is 92.4 Å². The van der Waals surface area contributed by atoms with Crippen molar-refractivity contribution in [1.82, 2.24) is 5.32 Å². The van der Waals surface area contributed by atoms with Gasteiger partial charge in [-0.3, -0.25) is 4.55 Å². The Kier molecular flexibility index (Phi) is 8.98. The lowest BCUT2D eigenvalue weighted by Crippen LogP contribution is -2.19. The van der Waals surface area contributed by atoms with Crippen molar-refractivity contribution in [2.45, 2.75) is 32.1 Å². The van der Waals surface area contributed by atoms with Gasteiger partial charge in [0.05, 0.1) is 5.75 Å². The van der Waals surface area contributed by atoms with Crippen LogP contribution < -0.4 is 11.1 Å². The van der Waals surface area contributed by atoms with Crippen molar-refractivity contribution < 1.29 is 13.0 Å². The molecule has 0 fully saturated rings. The molecular formula is C9H22N2O3S. The van der Waals surface area contributed by atoms with E-state index in [9.17, 15) is 8.42 Å². The van der Waals surface area contributed by atoms with Crippen LogP contribution in [-0.2, 0) is 10.1 Å². The van der Waals surface area contributed by atoms with E-state index in [0.717, 1.165) is 38.8 Å². The Labute approximate surface area is 92.2 Å². The van der Waals surface area contributed by atoms with Crippen molar-refractivity contribution >= 4 is 10.1 Å². The quantitative estimate of drug-likeness (QED) is 0.378. The average molecular weight is 238 g/mol. The molecule has 0 heterocycles. The molecule has 0 bridgehead atoms. The lowest BCUT2D eigenvalue weighted by atomic mass is 10.2. The van der Waals surface area contributed by atoms with Gasteiger partial charge in [-0.05, 0) is 38.9 Å². The maximum atomic E-state index is 10.4. The first-order valence-corrected chi connectivity index (χ1v) is 7.03. The van der Waals surface area contributed by atoms with Crippen LogP contribution in [-0.4, -0.2) is 38.4 Å². The summed E-state index contributed by atoms with van der Waals surface area (Å²) in [6.07, 6.45) is 4.93. The second kappa shape index (κ2) is 9.08. The van der Waals surface area contributed by atoms with Gasteiger partial charge in [0.25, 0.3) is 10.1 Å². The molecular weight excluding hydrogens is 216 g/mol. The summed E-state index contributed by atoms with van der Waals surface area (Å²) in [7, 11) is -3.78. The van der Waals surface area contributed by atoms with E-state index in [1.165, 1.54) is 0 Å². The molecule has 0 aromatic carbocycles. The van der Waals surface area contributed by atoms with Gasteiger partial charge >= 0.3 is 0 Å². The first-order chi connectivity index (χ1) is 7.06. The van der Waals surface area contributed by atoms with Gasteiger partial charge in [0.2, 0.25) is 0 Å². The molecule has 0 atom stereocenters. The summed E-state index contributed by atoms with van der Waals surface area (Å²) >= 11 is 0. The highest BCUT2D eigenvalue weighted by Gasteiger charge is 2.02. The van der Waals surface area contributed by atoms with Crippen LogP contribution in [0.3, 0.4) is 0 Å². The molecule has 5 nitrogen and oxygen atoms in total. The molecule has 0 aliphatic carbocycles. The van der Waals surface area contributed by atoms with Crippen LogP contribution in [0.4, 0.5) is 0 Å². The highest BCUT2D eigenvalue weighted by atomic mass is 32.2. The first-order valence-electron chi connectivity index (χ1n) is 5.42. The number of nitrogens with one attached hydrogen (secondary N) is 1. The zero-order valence-corrected chi connectivity index (χ0v) is 9.93. The molecule has 0 spiro atoms. The molecule has 0 saturated heterocycles. The van der Waals surface area contributed by atoms with Crippen molar-refractivity contribution in [2.75, 3.05) is 25.4 Å². The third-order valence-electron chi connectivity index (χ3n) is 2.06. The van der Waals surface area contributed by atoms with Crippen LogP contribution >= 0.6 is 0 Å². The maximum absolute atomic E-state index is 10.4. The summed E-state index contributed by atoms with van der Waals surface area (Å²) in [6, 6.07) is 0. The highest BCUT2D eigenvalue weighted by Crippen LogP contribution is 1.96. The van der Waals surface area contributed by atoms with Crippen molar-refractivity contribution in [3.63, 3.8) is 0 Å². The summed E-state index contributed by atoms with van der Waals surface area (Å²) in [6.45, 7) is 2.29. The number of unbranched alkanes of at least 4 members (excludes halogenated alkanes) is 3. The summed E-state index contributed by atoms with van der Waals surface area (Å²) in [4.78, 5) is 0. The van der Waals surface area contributed by atoms with E-state index in [4.69, 9.17) is 10.3 Å². The van der Waals surface area contributed by atoms with Gasteiger partial charge in [0, 0.05) is 0 Å². The molecule has 0 radical (unpaired) electrons. The predicted molar refractivity (Wildman–Crippen MR) is 61.4 cm³/mol. The number of nitrogens with two attached hydrogens (primary N) is 1. The Bertz CT molecular complexity index is 230. The van der Waals surface area contributed by atoms with Crippen LogP contribution in [0.5, 0.6) is 0 Å². The third-order valence-corrected chi connectivity index (χ3v) is 2.87. The summed E-state index contributed by atoms with van der Waals surface area (Å²) in [5.41, 5.74) is 5.35. The molecule has 0 rings (SSSR count). The fourth-order valence-corrected chi connectivity index (χ4v) is 1.76. The van der Waals surface area contributed by atoms with Gasteiger partial charge in [-0.15, -0.1) is 0 Å². The molecule has 92 valence electrons. The van der Waals surface area contributed by atoms with Crippen molar-refractivity contribution in [3.05, 3.63) is 0 Å². The summed E-state index contributed by atoms with van der Waals surface area (Å²) in [5, 5.41) is 3.13. The van der Waals surface area contributed by atoms with E-state index in [1.54, 1.807) is 0 Å². The minimum Gasteiger partial charge on any atom is -0.330 e. The van der Waals surface area contributed by atoms with Crippen molar-refractivity contribution in [2.24, 2.45) is 5.73 Å². The molecule has 0 unspecified atom stereocenters. The minimum absolute atomic E-state index is 0.160. The number of hydrogen-bond acceptors (Lipinski definition) is 4. The summed E-state index contributed by atoms with van der Waals surface area (Å²) in [5.74, 6) is -0.160. The molecule has 4 N–H and O–H groups in total. The second-order valence-corrected chi connectivity index (χ2v) is 5.16. The van der Waals surface area contributed by atoms with E-state index in [0.29, 0.717) is 13.0 Å². The molecule has 0 aliphatic rings. The van der Waals surface area contributed by atoms with Gasteiger partial charge in [-0.1, -0.05) is 12.8 Å². The largest absolute Gasteiger partial charge is 0.330 e. The Morgan fingerprint density at radius 2 is 1.60 bits per heavy atom. The highest BCUT2D eigenvalue weighted by molar-refractivity contribution is 7.85. The Hall–Kier alpha value is -0.170. The Morgan fingerprint density at radius 3 is 2.20 bits per heavy atom. The Morgan fingerprint density at radius 1 is 1.00 bits per heavy atom. The van der Waals surface area contributed by atoms with Crippen LogP contribution in [0.15, 0.2) is 0 Å².